The molecule has 0 unspecified atom stereocenters. The maximum absolute atomic E-state index is 4.27. The van der Waals surface area contributed by atoms with E-state index in [0.717, 1.165) is 18.8 Å². The number of aryl methyl sites for hydroxylation is 1. The Kier molecular flexibility index (Phi) is 6.61. The van der Waals surface area contributed by atoms with Crippen molar-refractivity contribution in [3.05, 3.63) is 29.6 Å². The lowest BCUT2D eigenvalue weighted by atomic mass is 9.92. The normalized spacial score (nSPS) is 11.0. The van der Waals surface area contributed by atoms with Crippen molar-refractivity contribution in [2.45, 2.75) is 40.7 Å². The standard InChI is InChI=1S/C13H22N2.ClH/c1-11-12(6-5-8-15-11)10-14-9-7-13(2,3)4;/h5-6,8,14H,7,9-10H2,1-4H3;1H. The molecular formula is C13H23ClN2. The fourth-order valence-corrected chi connectivity index (χ4v) is 1.39. The zero-order chi connectivity index (χ0) is 11.3. The quantitative estimate of drug-likeness (QED) is 0.820. The van der Waals surface area contributed by atoms with Gasteiger partial charge in [0.2, 0.25) is 0 Å². The molecule has 0 aliphatic rings. The van der Waals surface area contributed by atoms with Gasteiger partial charge < -0.3 is 5.32 Å². The molecule has 0 aromatic carbocycles. The molecule has 2 nitrogen and oxygen atoms in total. The van der Waals surface area contributed by atoms with E-state index in [4.69, 9.17) is 0 Å². The minimum atomic E-state index is 0. The van der Waals surface area contributed by atoms with Crippen LogP contribution in [0.5, 0.6) is 0 Å². The smallest absolute Gasteiger partial charge is 0.0417 e. The van der Waals surface area contributed by atoms with Crippen molar-refractivity contribution < 1.29 is 0 Å². The number of hydrogen-bond acceptors (Lipinski definition) is 2. The highest BCUT2D eigenvalue weighted by Gasteiger charge is 2.08. The summed E-state index contributed by atoms with van der Waals surface area (Å²) in [6.45, 7) is 10.9. The molecule has 0 aliphatic heterocycles. The second-order valence-corrected chi connectivity index (χ2v) is 5.24. The Morgan fingerprint density at radius 1 is 1.31 bits per heavy atom. The average Bonchev–Trinajstić information content (AvgIpc) is 2.13. The van der Waals surface area contributed by atoms with Crippen LogP contribution in [0.1, 0.15) is 38.4 Å². The van der Waals surface area contributed by atoms with Crippen LogP contribution in [-0.4, -0.2) is 11.5 Å². The molecule has 0 radical (unpaired) electrons. The molecule has 16 heavy (non-hydrogen) atoms. The van der Waals surface area contributed by atoms with E-state index in [1.165, 1.54) is 12.0 Å². The largest absolute Gasteiger partial charge is 0.313 e. The van der Waals surface area contributed by atoms with E-state index >= 15 is 0 Å². The summed E-state index contributed by atoms with van der Waals surface area (Å²) in [6.07, 6.45) is 3.04. The topological polar surface area (TPSA) is 24.9 Å². The van der Waals surface area contributed by atoms with Gasteiger partial charge in [0.25, 0.3) is 0 Å². The number of rotatable bonds is 4. The maximum atomic E-state index is 4.27. The summed E-state index contributed by atoms with van der Waals surface area (Å²) < 4.78 is 0. The molecule has 3 heteroatoms. The molecule has 0 aliphatic carbocycles. The van der Waals surface area contributed by atoms with E-state index in [0.29, 0.717) is 5.41 Å². The summed E-state index contributed by atoms with van der Waals surface area (Å²) in [6, 6.07) is 4.13. The lowest BCUT2D eigenvalue weighted by molar-refractivity contribution is 0.366. The Hall–Kier alpha value is -0.600. The molecule has 0 saturated heterocycles. The predicted molar refractivity (Wildman–Crippen MR) is 72.0 cm³/mol. The van der Waals surface area contributed by atoms with Crippen LogP contribution in [0.25, 0.3) is 0 Å². The van der Waals surface area contributed by atoms with Gasteiger partial charge in [-0.05, 0) is 36.9 Å². The molecule has 0 spiro atoms. The summed E-state index contributed by atoms with van der Waals surface area (Å²) >= 11 is 0. The molecule has 1 heterocycles. The Morgan fingerprint density at radius 2 is 2.00 bits per heavy atom. The third-order valence-electron chi connectivity index (χ3n) is 2.48. The average molecular weight is 243 g/mol. The highest BCUT2D eigenvalue weighted by atomic mass is 35.5. The van der Waals surface area contributed by atoms with E-state index in [1.54, 1.807) is 0 Å². The Balaban J connectivity index is 0.00000225. The molecule has 0 fully saturated rings. The first kappa shape index (κ1) is 15.4. The van der Waals surface area contributed by atoms with Crippen LogP contribution in [0.2, 0.25) is 0 Å². The van der Waals surface area contributed by atoms with Crippen LogP contribution in [0, 0.1) is 12.3 Å². The Morgan fingerprint density at radius 3 is 2.56 bits per heavy atom. The van der Waals surface area contributed by atoms with Crippen molar-refractivity contribution in [2.75, 3.05) is 6.54 Å². The van der Waals surface area contributed by atoms with Crippen LogP contribution in [0.3, 0.4) is 0 Å². The van der Waals surface area contributed by atoms with Crippen molar-refractivity contribution in [3.8, 4) is 0 Å². The summed E-state index contributed by atoms with van der Waals surface area (Å²) in [7, 11) is 0. The third-order valence-corrected chi connectivity index (χ3v) is 2.48. The van der Waals surface area contributed by atoms with Gasteiger partial charge in [0.05, 0.1) is 0 Å². The highest BCUT2D eigenvalue weighted by Crippen LogP contribution is 2.17. The number of pyridine rings is 1. The molecular weight excluding hydrogens is 220 g/mol. The number of halogens is 1. The molecule has 92 valence electrons. The van der Waals surface area contributed by atoms with Crippen molar-refractivity contribution in [1.82, 2.24) is 10.3 Å². The van der Waals surface area contributed by atoms with Crippen LogP contribution in [0.4, 0.5) is 0 Å². The molecule has 0 amide bonds. The highest BCUT2D eigenvalue weighted by molar-refractivity contribution is 5.85. The van der Waals surface area contributed by atoms with E-state index in [2.05, 4.69) is 44.1 Å². The van der Waals surface area contributed by atoms with Crippen molar-refractivity contribution in [3.63, 3.8) is 0 Å². The lowest BCUT2D eigenvalue weighted by Gasteiger charge is -2.18. The predicted octanol–water partition coefficient (Wildman–Crippen LogP) is 3.34. The summed E-state index contributed by atoms with van der Waals surface area (Å²) in [5, 5.41) is 3.46. The van der Waals surface area contributed by atoms with Gasteiger partial charge in [0.15, 0.2) is 0 Å². The number of hydrogen-bond donors (Lipinski definition) is 1. The van der Waals surface area contributed by atoms with Gasteiger partial charge in [-0.3, -0.25) is 4.98 Å². The first-order valence-corrected chi connectivity index (χ1v) is 5.60. The minimum Gasteiger partial charge on any atom is -0.313 e. The maximum Gasteiger partial charge on any atom is 0.0417 e. The van der Waals surface area contributed by atoms with Crippen molar-refractivity contribution in [2.24, 2.45) is 5.41 Å². The second-order valence-electron chi connectivity index (χ2n) is 5.24. The summed E-state index contributed by atoms with van der Waals surface area (Å²) in [5.74, 6) is 0. The van der Waals surface area contributed by atoms with Gasteiger partial charge in [-0.2, -0.15) is 0 Å². The van der Waals surface area contributed by atoms with E-state index in [1.807, 2.05) is 12.3 Å². The van der Waals surface area contributed by atoms with Gasteiger partial charge in [-0.25, -0.2) is 0 Å². The van der Waals surface area contributed by atoms with E-state index in [9.17, 15) is 0 Å². The van der Waals surface area contributed by atoms with Gasteiger partial charge in [0, 0.05) is 18.4 Å². The van der Waals surface area contributed by atoms with E-state index in [-0.39, 0.29) is 12.4 Å². The molecule has 0 bridgehead atoms. The van der Waals surface area contributed by atoms with Gasteiger partial charge in [-0.1, -0.05) is 26.8 Å². The first-order valence-electron chi connectivity index (χ1n) is 5.60. The molecule has 1 aromatic rings. The zero-order valence-electron chi connectivity index (χ0n) is 10.7. The lowest BCUT2D eigenvalue weighted by Crippen LogP contribution is -2.20. The minimum absolute atomic E-state index is 0. The second kappa shape index (κ2) is 6.87. The number of nitrogens with zero attached hydrogens (tertiary/aromatic N) is 1. The Bertz CT molecular complexity index is 305. The number of nitrogens with one attached hydrogen (secondary N) is 1. The molecule has 1 rings (SSSR count). The van der Waals surface area contributed by atoms with Crippen LogP contribution >= 0.6 is 12.4 Å². The van der Waals surface area contributed by atoms with Gasteiger partial charge in [-0.15, -0.1) is 12.4 Å². The van der Waals surface area contributed by atoms with Gasteiger partial charge in [0.1, 0.15) is 0 Å². The molecule has 0 atom stereocenters. The van der Waals surface area contributed by atoms with Crippen molar-refractivity contribution >= 4 is 12.4 Å². The first-order chi connectivity index (χ1) is 6.99. The van der Waals surface area contributed by atoms with Crippen LogP contribution < -0.4 is 5.32 Å². The third kappa shape index (κ3) is 6.09. The van der Waals surface area contributed by atoms with Crippen LogP contribution in [0.15, 0.2) is 18.3 Å². The SMILES string of the molecule is Cc1ncccc1CNCCC(C)(C)C.Cl. The van der Waals surface area contributed by atoms with E-state index < -0.39 is 0 Å². The fraction of sp³-hybridized carbons (Fsp3) is 0.615. The van der Waals surface area contributed by atoms with Gasteiger partial charge >= 0.3 is 0 Å². The zero-order valence-corrected chi connectivity index (χ0v) is 11.5. The fourth-order valence-electron chi connectivity index (χ4n) is 1.39. The molecule has 0 saturated carbocycles. The number of aromatic nitrogens is 1. The van der Waals surface area contributed by atoms with Crippen LogP contribution in [-0.2, 0) is 6.54 Å². The van der Waals surface area contributed by atoms with Crippen molar-refractivity contribution in [1.29, 1.82) is 0 Å². The summed E-state index contributed by atoms with van der Waals surface area (Å²) in [5.41, 5.74) is 2.84. The molecule has 1 aromatic heterocycles. The molecule has 1 N–H and O–H groups in total. The Labute approximate surface area is 105 Å². The monoisotopic (exact) mass is 242 g/mol. The summed E-state index contributed by atoms with van der Waals surface area (Å²) in [4.78, 5) is 4.27.